The monoisotopic (exact) mass is 316 g/mol. The van der Waals surface area contributed by atoms with E-state index in [9.17, 15) is 8.42 Å². The molecular formula is C15H28N2O3S. The van der Waals surface area contributed by atoms with Crippen molar-refractivity contribution in [3.8, 4) is 0 Å². The van der Waals surface area contributed by atoms with Crippen molar-refractivity contribution in [2.45, 2.75) is 77.1 Å². The third-order valence-electron chi connectivity index (χ3n) is 3.18. The zero-order chi connectivity index (χ0) is 15.9. The molecule has 1 heterocycles. The normalized spacial score (nSPS) is 13.8. The summed E-state index contributed by atoms with van der Waals surface area (Å²) < 4.78 is 32.5. The molecule has 1 aromatic heterocycles. The van der Waals surface area contributed by atoms with E-state index in [1.165, 1.54) is 6.07 Å². The van der Waals surface area contributed by atoms with Crippen molar-refractivity contribution in [3.63, 3.8) is 0 Å². The van der Waals surface area contributed by atoms with Crippen molar-refractivity contribution < 1.29 is 12.8 Å². The Morgan fingerprint density at radius 2 is 1.90 bits per heavy atom. The summed E-state index contributed by atoms with van der Waals surface area (Å²) >= 11 is 0. The first-order chi connectivity index (χ1) is 9.85. The van der Waals surface area contributed by atoms with Crippen LogP contribution >= 0.6 is 0 Å². The van der Waals surface area contributed by atoms with Crippen molar-refractivity contribution in [2.75, 3.05) is 0 Å². The predicted octanol–water partition coefficient (Wildman–Crippen LogP) is 3.02. The molecule has 0 spiro atoms. The van der Waals surface area contributed by atoms with Crippen molar-refractivity contribution in [3.05, 3.63) is 17.9 Å². The Kier molecular flexibility index (Phi) is 7.42. The number of unbranched alkanes of at least 4 members (excludes halogenated alkanes) is 2. The van der Waals surface area contributed by atoms with Gasteiger partial charge >= 0.3 is 0 Å². The number of nitrogens with one attached hydrogen (secondary N) is 2. The van der Waals surface area contributed by atoms with E-state index < -0.39 is 10.0 Å². The summed E-state index contributed by atoms with van der Waals surface area (Å²) in [6.45, 7) is 8.60. The molecule has 1 unspecified atom stereocenters. The minimum absolute atomic E-state index is 0.00889. The van der Waals surface area contributed by atoms with Crippen molar-refractivity contribution in [2.24, 2.45) is 0 Å². The molecule has 1 aromatic rings. The summed E-state index contributed by atoms with van der Waals surface area (Å²) in [6.07, 6.45) is 4.12. The number of rotatable bonds is 10. The fourth-order valence-electron chi connectivity index (χ4n) is 1.98. The van der Waals surface area contributed by atoms with Crippen LogP contribution in [0.15, 0.2) is 21.6 Å². The zero-order valence-electron chi connectivity index (χ0n) is 13.5. The van der Waals surface area contributed by atoms with Crippen LogP contribution in [0.5, 0.6) is 0 Å². The molecule has 0 aromatic carbocycles. The lowest BCUT2D eigenvalue weighted by atomic mass is 10.1. The van der Waals surface area contributed by atoms with Crippen molar-refractivity contribution in [1.29, 1.82) is 0 Å². The zero-order valence-corrected chi connectivity index (χ0v) is 14.3. The largest absolute Gasteiger partial charge is 0.447 e. The standard InChI is InChI=1S/C15H28N2O3S/c1-5-6-7-8-13(4)17-21(18,19)15-10-9-14(20-15)11-16-12(2)3/h9-10,12-13,16-17H,5-8,11H2,1-4H3. The number of hydrogen-bond donors (Lipinski definition) is 2. The van der Waals surface area contributed by atoms with Gasteiger partial charge in [0.25, 0.3) is 10.0 Å². The summed E-state index contributed by atoms with van der Waals surface area (Å²) in [5.41, 5.74) is 0. The summed E-state index contributed by atoms with van der Waals surface area (Å²) in [7, 11) is -3.56. The van der Waals surface area contributed by atoms with Gasteiger partial charge in [-0.3, -0.25) is 0 Å². The lowest BCUT2D eigenvalue weighted by Gasteiger charge is -2.12. The Morgan fingerprint density at radius 1 is 1.19 bits per heavy atom. The Labute approximate surface area is 128 Å². The molecule has 0 aliphatic heterocycles. The second-order valence-corrected chi connectivity index (χ2v) is 7.42. The molecule has 1 atom stereocenters. The van der Waals surface area contributed by atoms with Crippen LogP contribution in [-0.4, -0.2) is 20.5 Å². The predicted molar refractivity (Wildman–Crippen MR) is 84.6 cm³/mol. The third kappa shape index (κ3) is 6.63. The van der Waals surface area contributed by atoms with Gasteiger partial charge < -0.3 is 9.73 Å². The maximum absolute atomic E-state index is 12.2. The molecule has 0 saturated heterocycles. The second kappa shape index (κ2) is 8.56. The molecule has 0 fully saturated rings. The van der Waals surface area contributed by atoms with Gasteiger partial charge in [-0.2, -0.15) is 0 Å². The second-order valence-electron chi connectivity index (χ2n) is 5.77. The number of hydrogen-bond acceptors (Lipinski definition) is 4. The van der Waals surface area contributed by atoms with Gasteiger partial charge in [0.2, 0.25) is 5.09 Å². The molecule has 21 heavy (non-hydrogen) atoms. The van der Waals surface area contributed by atoms with Crippen LogP contribution in [-0.2, 0) is 16.6 Å². The van der Waals surface area contributed by atoms with Crippen LogP contribution in [0.25, 0.3) is 0 Å². The average Bonchev–Trinajstić information content (AvgIpc) is 2.85. The highest BCUT2D eigenvalue weighted by Gasteiger charge is 2.21. The van der Waals surface area contributed by atoms with Crippen LogP contribution in [0.3, 0.4) is 0 Å². The van der Waals surface area contributed by atoms with Crippen molar-refractivity contribution in [1.82, 2.24) is 10.0 Å². The number of sulfonamides is 1. The Hall–Kier alpha value is -0.850. The lowest BCUT2D eigenvalue weighted by molar-refractivity contribution is 0.390. The van der Waals surface area contributed by atoms with Gasteiger partial charge in [0.05, 0.1) is 6.54 Å². The lowest BCUT2D eigenvalue weighted by Crippen LogP contribution is -2.32. The fraction of sp³-hybridized carbons (Fsp3) is 0.733. The van der Waals surface area contributed by atoms with Crippen LogP contribution in [0.4, 0.5) is 0 Å². The molecule has 6 heteroatoms. The van der Waals surface area contributed by atoms with Gasteiger partial charge in [-0.25, -0.2) is 13.1 Å². The molecule has 2 N–H and O–H groups in total. The van der Waals surface area contributed by atoms with Gasteiger partial charge in [-0.1, -0.05) is 40.0 Å². The van der Waals surface area contributed by atoms with E-state index >= 15 is 0 Å². The van der Waals surface area contributed by atoms with Gasteiger partial charge in [0.15, 0.2) is 0 Å². The van der Waals surface area contributed by atoms with E-state index in [1.54, 1.807) is 6.07 Å². The molecule has 0 aliphatic carbocycles. The van der Waals surface area contributed by atoms with Crippen molar-refractivity contribution >= 4 is 10.0 Å². The smallest absolute Gasteiger partial charge is 0.274 e. The summed E-state index contributed by atoms with van der Waals surface area (Å²) in [4.78, 5) is 0. The van der Waals surface area contributed by atoms with Crippen LogP contribution < -0.4 is 10.0 Å². The maximum atomic E-state index is 12.2. The van der Waals surface area contributed by atoms with Gasteiger partial charge in [0, 0.05) is 12.1 Å². The van der Waals surface area contributed by atoms with Crippen LogP contribution in [0.2, 0.25) is 0 Å². The molecule has 5 nitrogen and oxygen atoms in total. The summed E-state index contributed by atoms with van der Waals surface area (Å²) in [6, 6.07) is 3.46. The average molecular weight is 316 g/mol. The van der Waals surface area contributed by atoms with Crippen LogP contribution in [0, 0.1) is 0 Å². The third-order valence-corrected chi connectivity index (χ3v) is 4.65. The van der Waals surface area contributed by atoms with Gasteiger partial charge in [-0.05, 0) is 25.5 Å². The van der Waals surface area contributed by atoms with Crippen LogP contribution in [0.1, 0.15) is 59.1 Å². The maximum Gasteiger partial charge on any atom is 0.274 e. The molecule has 0 amide bonds. The van der Waals surface area contributed by atoms with Gasteiger partial charge in [-0.15, -0.1) is 0 Å². The van der Waals surface area contributed by atoms with E-state index in [0.717, 1.165) is 25.7 Å². The topological polar surface area (TPSA) is 71.3 Å². The van der Waals surface area contributed by atoms with E-state index in [2.05, 4.69) is 17.0 Å². The SMILES string of the molecule is CCCCCC(C)NS(=O)(=O)c1ccc(CNC(C)C)o1. The Bertz CT molecular complexity index is 509. The molecule has 0 saturated carbocycles. The van der Waals surface area contributed by atoms with Gasteiger partial charge in [0.1, 0.15) is 5.76 Å². The summed E-state index contributed by atoms with van der Waals surface area (Å²) in [5, 5.41) is 3.18. The van der Waals surface area contributed by atoms with E-state index in [4.69, 9.17) is 4.42 Å². The summed E-state index contributed by atoms with van der Waals surface area (Å²) in [5.74, 6) is 0.628. The number of furan rings is 1. The highest BCUT2D eigenvalue weighted by atomic mass is 32.2. The molecule has 1 rings (SSSR count). The first-order valence-corrected chi connectivity index (χ1v) is 9.18. The minimum Gasteiger partial charge on any atom is -0.447 e. The van der Waals surface area contributed by atoms with E-state index in [0.29, 0.717) is 18.3 Å². The highest BCUT2D eigenvalue weighted by Crippen LogP contribution is 2.15. The molecule has 122 valence electrons. The van der Waals surface area contributed by atoms with E-state index in [1.807, 2.05) is 20.8 Å². The molecule has 0 radical (unpaired) electrons. The first-order valence-electron chi connectivity index (χ1n) is 7.69. The molecule has 0 aliphatic rings. The minimum atomic E-state index is -3.56. The first kappa shape index (κ1) is 18.2. The van der Waals surface area contributed by atoms with E-state index in [-0.39, 0.29) is 11.1 Å². The Balaban J connectivity index is 2.57. The molecule has 0 bridgehead atoms. The highest BCUT2D eigenvalue weighted by molar-refractivity contribution is 7.89. The fourth-order valence-corrected chi connectivity index (χ4v) is 3.21. The Morgan fingerprint density at radius 3 is 2.52 bits per heavy atom. The quantitative estimate of drug-likeness (QED) is 0.651. The molecular weight excluding hydrogens is 288 g/mol.